The number of nitrogens with one attached hydrogen (secondary N) is 1. The lowest BCUT2D eigenvalue weighted by molar-refractivity contribution is -0.140. The van der Waals surface area contributed by atoms with E-state index in [-0.39, 0.29) is 17.2 Å². The second-order valence-corrected chi connectivity index (χ2v) is 9.07. The number of rotatable bonds is 4. The minimum atomic E-state index is -0.389. The van der Waals surface area contributed by atoms with Crippen LogP contribution in [0.15, 0.2) is 60.9 Å². The summed E-state index contributed by atoms with van der Waals surface area (Å²) in [4.78, 5) is 28.8. The maximum absolute atomic E-state index is 12.9. The molecule has 0 saturated carbocycles. The molecule has 0 spiro atoms. The monoisotopic (exact) mass is 415 g/mol. The summed E-state index contributed by atoms with van der Waals surface area (Å²) in [5, 5.41) is 3.40. The van der Waals surface area contributed by atoms with Crippen LogP contribution in [0.1, 0.15) is 45.4 Å². The van der Waals surface area contributed by atoms with Crippen molar-refractivity contribution in [1.82, 2.24) is 19.9 Å². The molecule has 0 radical (unpaired) electrons. The second kappa shape index (κ2) is 8.84. The van der Waals surface area contributed by atoms with Crippen LogP contribution in [0.3, 0.4) is 0 Å². The number of para-hydroxylation sites is 1. The average Bonchev–Trinajstić information content (AvgIpc) is 2.79. The van der Waals surface area contributed by atoms with Gasteiger partial charge in [0.1, 0.15) is 11.6 Å². The number of carbonyl (C=O) groups is 1. The Morgan fingerprint density at radius 1 is 1.10 bits per heavy atom. The van der Waals surface area contributed by atoms with Crippen molar-refractivity contribution in [3.05, 3.63) is 66.7 Å². The topological polar surface area (TPSA) is 71.0 Å². The normalized spacial score (nSPS) is 16.7. The van der Waals surface area contributed by atoms with Crippen molar-refractivity contribution < 1.29 is 4.79 Å². The lowest BCUT2D eigenvalue weighted by Crippen LogP contribution is -2.44. The number of hydrogen-bond donors (Lipinski definition) is 1. The van der Waals surface area contributed by atoms with Gasteiger partial charge in [0, 0.05) is 54.1 Å². The summed E-state index contributed by atoms with van der Waals surface area (Å²) in [6.45, 7) is 7.36. The van der Waals surface area contributed by atoms with Gasteiger partial charge >= 0.3 is 0 Å². The molecule has 4 rings (SSSR count). The van der Waals surface area contributed by atoms with Gasteiger partial charge < -0.3 is 10.2 Å². The molecule has 1 aliphatic rings. The Labute approximate surface area is 183 Å². The van der Waals surface area contributed by atoms with Gasteiger partial charge in [-0.05, 0) is 37.1 Å². The van der Waals surface area contributed by atoms with Gasteiger partial charge in [0.15, 0.2) is 0 Å². The first-order chi connectivity index (χ1) is 14.9. The van der Waals surface area contributed by atoms with E-state index >= 15 is 0 Å². The lowest BCUT2D eigenvalue weighted by Gasteiger charge is -2.36. The van der Waals surface area contributed by atoms with E-state index < -0.39 is 0 Å². The molecule has 1 amide bonds. The Balaban J connectivity index is 1.67. The van der Waals surface area contributed by atoms with E-state index in [2.05, 4.69) is 10.3 Å². The third-order valence-corrected chi connectivity index (χ3v) is 5.46. The Morgan fingerprint density at radius 3 is 2.61 bits per heavy atom. The number of aromatic nitrogens is 3. The molecule has 31 heavy (non-hydrogen) atoms. The van der Waals surface area contributed by atoms with E-state index in [1.165, 1.54) is 0 Å². The zero-order valence-electron chi connectivity index (χ0n) is 18.4. The number of nitrogens with zero attached hydrogens (tertiary/aromatic N) is 4. The summed E-state index contributed by atoms with van der Waals surface area (Å²) >= 11 is 0. The zero-order chi connectivity index (χ0) is 21.8. The molecule has 3 heterocycles. The highest BCUT2D eigenvalue weighted by Crippen LogP contribution is 2.31. The van der Waals surface area contributed by atoms with Gasteiger partial charge in [-0.15, -0.1) is 0 Å². The molecule has 1 N–H and O–H groups in total. The van der Waals surface area contributed by atoms with E-state index in [4.69, 9.17) is 9.97 Å². The van der Waals surface area contributed by atoms with E-state index in [0.29, 0.717) is 6.54 Å². The second-order valence-electron chi connectivity index (χ2n) is 9.07. The number of benzene rings is 1. The largest absolute Gasteiger partial charge is 0.342 e. The van der Waals surface area contributed by atoms with Gasteiger partial charge in [-0.3, -0.25) is 9.78 Å². The smallest absolute Gasteiger partial charge is 0.227 e. The standard InChI is InChI=1S/C25H29N5O/c1-25(2,3)24(31)30-14-8-10-19(17-30)23-28-21(18-9-7-13-26-16-18)15-22(29-23)27-20-11-5-4-6-12-20/h4-7,9,11-13,15-16,19H,8,10,14,17H2,1-3H3,(H,27,28,29). The van der Waals surface area contributed by atoms with E-state index in [1.54, 1.807) is 6.20 Å². The van der Waals surface area contributed by atoms with Crippen LogP contribution in [0.5, 0.6) is 0 Å². The first kappa shape index (κ1) is 21.0. The fourth-order valence-corrected chi connectivity index (χ4v) is 3.89. The maximum Gasteiger partial charge on any atom is 0.227 e. The van der Waals surface area contributed by atoms with Gasteiger partial charge in [0.25, 0.3) is 0 Å². The zero-order valence-corrected chi connectivity index (χ0v) is 18.4. The Bertz CT molecular complexity index is 1030. The van der Waals surface area contributed by atoms with E-state index in [0.717, 1.165) is 48.0 Å². The molecule has 3 aromatic rings. The van der Waals surface area contributed by atoms with Crippen LogP contribution in [-0.2, 0) is 4.79 Å². The molecule has 1 atom stereocenters. The molecule has 160 valence electrons. The molecule has 6 nitrogen and oxygen atoms in total. The summed E-state index contributed by atoms with van der Waals surface area (Å²) in [6, 6.07) is 15.8. The fourth-order valence-electron chi connectivity index (χ4n) is 3.89. The molecule has 1 unspecified atom stereocenters. The summed E-state index contributed by atoms with van der Waals surface area (Å²) in [7, 11) is 0. The van der Waals surface area contributed by atoms with Crippen molar-refractivity contribution in [3.8, 4) is 11.3 Å². The van der Waals surface area contributed by atoms with E-state index in [9.17, 15) is 4.79 Å². The van der Waals surface area contributed by atoms with Gasteiger partial charge in [0.2, 0.25) is 5.91 Å². The number of likely N-dealkylation sites (tertiary alicyclic amines) is 1. The van der Waals surface area contributed by atoms with Crippen LogP contribution >= 0.6 is 0 Å². The molecule has 2 aromatic heterocycles. The number of anilines is 2. The third kappa shape index (κ3) is 5.08. The molecule has 1 fully saturated rings. The minimum absolute atomic E-state index is 0.105. The van der Waals surface area contributed by atoms with Crippen molar-refractivity contribution in [2.45, 2.75) is 39.5 Å². The number of carbonyl (C=O) groups excluding carboxylic acids is 1. The van der Waals surface area contributed by atoms with Crippen LogP contribution in [-0.4, -0.2) is 38.8 Å². The molecule has 6 heteroatoms. The van der Waals surface area contributed by atoms with Crippen molar-refractivity contribution >= 4 is 17.4 Å². The number of pyridine rings is 1. The Hall–Kier alpha value is -3.28. The van der Waals surface area contributed by atoms with Crippen LogP contribution < -0.4 is 5.32 Å². The molecule has 0 bridgehead atoms. The highest BCUT2D eigenvalue weighted by molar-refractivity contribution is 5.81. The Kier molecular flexibility index (Phi) is 5.98. The molecular formula is C25H29N5O. The maximum atomic E-state index is 12.9. The molecule has 1 aliphatic heterocycles. The Morgan fingerprint density at radius 2 is 1.90 bits per heavy atom. The predicted octanol–water partition coefficient (Wildman–Crippen LogP) is 5.03. The minimum Gasteiger partial charge on any atom is -0.342 e. The SMILES string of the molecule is CC(C)(C)C(=O)N1CCCC(c2nc(Nc3ccccc3)cc(-c3cccnc3)n2)C1. The highest BCUT2D eigenvalue weighted by atomic mass is 16.2. The lowest BCUT2D eigenvalue weighted by atomic mass is 9.91. The van der Waals surface area contributed by atoms with Crippen LogP contribution in [0.25, 0.3) is 11.3 Å². The van der Waals surface area contributed by atoms with Crippen LogP contribution in [0, 0.1) is 5.41 Å². The van der Waals surface area contributed by atoms with Crippen LogP contribution in [0.2, 0.25) is 0 Å². The van der Waals surface area contributed by atoms with Gasteiger partial charge in [-0.1, -0.05) is 39.0 Å². The van der Waals surface area contributed by atoms with Crippen molar-refractivity contribution in [2.75, 3.05) is 18.4 Å². The number of piperidine rings is 1. The van der Waals surface area contributed by atoms with Crippen molar-refractivity contribution in [3.63, 3.8) is 0 Å². The first-order valence-electron chi connectivity index (χ1n) is 10.8. The summed E-state index contributed by atoms with van der Waals surface area (Å²) in [5.41, 5.74) is 2.36. The third-order valence-electron chi connectivity index (χ3n) is 5.46. The summed E-state index contributed by atoms with van der Waals surface area (Å²) < 4.78 is 0. The number of amides is 1. The van der Waals surface area contributed by atoms with Crippen molar-refractivity contribution in [1.29, 1.82) is 0 Å². The first-order valence-corrected chi connectivity index (χ1v) is 10.8. The molecular weight excluding hydrogens is 386 g/mol. The van der Waals surface area contributed by atoms with Gasteiger partial charge in [-0.2, -0.15) is 0 Å². The molecule has 1 aromatic carbocycles. The summed E-state index contributed by atoms with van der Waals surface area (Å²) in [5.74, 6) is 1.80. The van der Waals surface area contributed by atoms with Crippen LogP contribution in [0.4, 0.5) is 11.5 Å². The highest BCUT2D eigenvalue weighted by Gasteiger charge is 2.32. The average molecular weight is 416 g/mol. The van der Waals surface area contributed by atoms with Crippen molar-refractivity contribution in [2.24, 2.45) is 5.41 Å². The molecule has 0 aliphatic carbocycles. The van der Waals surface area contributed by atoms with Gasteiger partial charge in [0.05, 0.1) is 5.69 Å². The number of hydrogen-bond acceptors (Lipinski definition) is 5. The summed E-state index contributed by atoms with van der Waals surface area (Å²) in [6.07, 6.45) is 5.49. The van der Waals surface area contributed by atoms with Gasteiger partial charge in [-0.25, -0.2) is 9.97 Å². The van der Waals surface area contributed by atoms with E-state index in [1.807, 2.05) is 80.4 Å². The fraction of sp³-hybridized carbons (Fsp3) is 0.360. The quantitative estimate of drug-likeness (QED) is 0.647. The predicted molar refractivity (Wildman–Crippen MR) is 123 cm³/mol. The molecule has 1 saturated heterocycles.